The van der Waals surface area contributed by atoms with E-state index in [1.807, 2.05) is 26.0 Å². The minimum absolute atomic E-state index is 0.257. The predicted molar refractivity (Wildman–Crippen MR) is 83.9 cm³/mol. The fourth-order valence-electron chi connectivity index (χ4n) is 1.93. The van der Waals surface area contributed by atoms with Crippen molar-refractivity contribution in [3.05, 3.63) is 52.7 Å². The second-order valence-electron chi connectivity index (χ2n) is 4.88. The highest BCUT2D eigenvalue weighted by molar-refractivity contribution is 6.30. The maximum atomic E-state index is 12.1. The van der Waals surface area contributed by atoms with Crippen LogP contribution in [0.4, 0.5) is 5.82 Å². The smallest absolute Gasteiger partial charge is 0.266 e. The minimum atomic E-state index is -0.647. The molecule has 0 saturated carbocycles. The number of aromatic nitrogens is 1. The van der Waals surface area contributed by atoms with Gasteiger partial charge < -0.3 is 10.1 Å². The number of ether oxygens (including phenoxy) is 1. The molecule has 1 atom stereocenters. The number of amides is 1. The molecule has 4 nitrogen and oxygen atoms in total. The van der Waals surface area contributed by atoms with Crippen LogP contribution in [0.2, 0.25) is 5.02 Å². The summed E-state index contributed by atoms with van der Waals surface area (Å²) in [6, 6.07) is 10.7. The first-order chi connectivity index (χ1) is 9.94. The monoisotopic (exact) mass is 304 g/mol. The molecule has 1 heterocycles. The lowest BCUT2D eigenvalue weighted by molar-refractivity contribution is -0.122. The van der Waals surface area contributed by atoms with Crippen molar-refractivity contribution in [2.75, 3.05) is 5.32 Å². The Morgan fingerprint density at radius 2 is 2.05 bits per heavy atom. The second-order valence-corrected chi connectivity index (χ2v) is 5.31. The Kier molecular flexibility index (Phi) is 4.81. The summed E-state index contributed by atoms with van der Waals surface area (Å²) in [6.07, 6.45) is -0.647. The molecular formula is C16H17ClN2O2. The SMILES string of the molecule is Cc1cc(C)nc(NC(=O)[C@H](C)Oc2cccc(Cl)c2)c1. The summed E-state index contributed by atoms with van der Waals surface area (Å²) in [7, 11) is 0. The number of halogens is 1. The Labute approximate surface area is 129 Å². The van der Waals surface area contributed by atoms with Gasteiger partial charge in [0.25, 0.3) is 5.91 Å². The van der Waals surface area contributed by atoms with E-state index in [-0.39, 0.29) is 5.91 Å². The molecular weight excluding hydrogens is 288 g/mol. The number of rotatable bonds is 4. The van der Waals surface area contributed by atoms with Crippen LogP contribution >= 0.6 is 11.6 Å². The molecule has 0 spiro atoms. The van der Waals surface area contributed by atoms with Gasteiger partial charge in [-0.15, -0.1) is 0 Å². The molecule has 0 radical (unpaired) electrons. The highest BCUT2D eigenvalue weighted by atomic mass is 35.5. The molecule has 1 N–H and O–H groups in total. The Balaban J connectivity index is 2.02. The average molecular weight is 305 g/mol. The fourth-order valence-corrected chi connectivity index (χ4v) is 2.11. The van der Waals surface area contributed by atoms with Crippen molar-refractivity contribution in [3.8, 4) is 5.75 Å². The van der Waals surface area contributed by atoms with Gasteiger partial charge in [0.1, 0.15) is 11.6 Å². The molecule has 21 heavy (non-hydrogen) atoms. The summed E-state index contributed by atoms with van der Waals surface area (Å²) in [4.78, 5) is 16.4. The second kappa shape index (κ2) is 6.59. The normalized spacial score (nSPS) is 11.8. The number of nitrogens with one attached hydrogen (secondary N) is 1. The zero-order chi connectivity index (χ0) is 15.4. The average Bonchev–Trinajstić information content (AvgIpc) is 2.37. The van der Waals surface area contributed by atoms with Gasteiger partial charge in [-0.05, 0) is 56.7 Å². The molecule has 0 unspecified atom stereocenters. The van der Waals surface area contributed by atoms with E-state index in [2.05, 4.69) is 10.3 Å². The Hall–Kier alpha value is -2.07. The topological polar surface area (TPSA) is 51.2 Å². The largest absolute Gasteiger partial charge is 0.481 e. The van der Waals surface area contributed by atoms with E-state index in [4.69, 9.17) is 16.3 Å². The summed E-state index contributed by atoms with van der Waals surface area (Å²) in [5.41, 5.74) is 1.90. The van der Waals surface area contributed by atoms with Crippen LogP contribution in [0.25, 0.3) is 0 Å². The summed E-state index contributed by atoms with van der Waals surface area (Å²) in [6.45, 7) is 5.52. The van der Waals surface area contributed by atoms with Crippen molar-refractivity contribution >= 4 is 23.3 Å². The first-order valence-electron chi connectivity index (χ1n) is 6.62. The van der Waals surface area contributed by atoms with E-state index in [1.54, 1.807) is 31.2 Å². The van der Waals surface area contributed by atoms with Crippen molar-refractivity contribution in [3.63, 3.8) is 0 Å². The Morgan fingerprint density at radius 3 is 2.71 bits per heavy atom. The van der Waals surface area contributed by atoms with Gasteiger partial charge in [-0.2, -0.15) is 0 Å². The molecule has 1 aromatic heterocycles. The number of hydrogen-bond donors (Lipinski definition) is 1. The summed E-state index contributed by atoms with van der Waals surface area (Å²) < 4.78 is 5.57. The molecule has 0 bridgehead atoms. The summed E-state index contributed by atoms with van der Waals surface area (Å²) in [5.74, 6) is 0.824. The van der Waals surface area contributed by atoms with Crippen molar-refractivity contribution < 1.29 is 9.53 Å². The molecule has 2 rings (SSSR count). The van der Waals surface area contributed by atoms with Gasteiger partial charge >= 0.3 is 0 Å². The number of hydrogen-bond acceptors (Lipinski definition) is 3. The number of nitrogens with zero attached hydrogens (tertiary/aromatic N) is 1. The molecule has 0 fully saturated rings. The third kappa shape index (κ3) is 4.46. The first-order valence-corrected chi connectivity index (χ1v) is 7.00. The lowest BCUT2D eigenvalue weighted by Crippen LogP contribution is -2.30. The predicted octanol–water partition coefficient (Wildman–Crippen LogP) is 3.76. The lowest BCUT2D eigenvalue weighted by Gasteiger charge is -2.15. The van der Waals surface area contributed by atoms with Gasteiger partial charge in [-0.3, -0.25) is 4.79 Å². The third-order valence-electron chi connectivity index (χ3n) is 2.83. The molecule has 0 aliphatic rings. The van der Waals surface area contributed by atoms with Crippen LogP contribution in [-0.4, -0.2) is 17.0 Å². The van der Waals surface area contributed by atoms with E-state index in [9.17, 15) is 4.79 Å². The zero-order valence-electron chi connectivity index (χ0n) is 12.2. The summed E-state index contributed by atoms with van der Waals surface area (Å²) in [5, 5.41) is 3.32. The number of carbonyl (C=O) groups is 1. The van der Waals surface area contributed by atoms with Crippen LogP contribution in [-0.2, 0) is 4.79 Å². The van der Waals surface area contributed by atoms with Crippen molar-refractivity contribution in [2.45, 2.75) is 26.9 Å². The van der Waals surface area contributed by atoms with Gasteiger partial charge in [0.15, 0.2) is 6.10 Å². The highest BCUT2D eigenvalue weighted by Crippen LogP contribution is 2.18. The van der Waals surface area contributed by atoms with E-state index >= 15 is 0 Å². The maximum Gasteiger partial charge on any atom is 0.266 e. The van der Waals surface area contributed by atoms with E-state index in [0.29, 0.717) is 16.6 Å². The molecule has 1 aromatic carbocycles. The van der Waals surface area contributed by atoms with E-state index in [0.717, 1.165) is 11.3 Å². The van der Waals surface area contributed by atoms with Crippen molar-refractivity contribution in [1.29, 1.82) is 0 Å². The molecule has 0 aliphatic carbocycles. The van der Waals surface area contributed by atoms with Crippen LogP contribution in [0.3, 0.4) is 0 Å². The van der Waals surface area contributed by atoms with Crippen LogP contribution in [0.1, 0.15) is 18.2 Å². The van der Waals surface area contributed by atoms with E-state index < -0.39 is 6.10 Å². The molecule has 1 amide bonds. The quantitative estimate of drug-likeness (QED) is 0.935. The summed E-state index contributed by atoms with van der Waals surface area (Å²) >= 11 is 5.88. The molecule has 5 heteroatoms. The number of carbonyl (C=O) groups excluding carboxylic acids is 1. The fraction of sp³-hybridized carbons (Fsp3) is 0.250. The molecule has 0 aliphatic heterocycles. The zero-order valence-corrected chi connectivity index (χ0v) is 12.9. The van der Waals surface area contributed by atoms with Gasteiger partial charge in [-0.1, -0.05) is 17.7 Å². The number of anilines is 1. The standard InChI is InChI=1S/C16H17ClN2O2/c1-10-7-11(2)18-15(8-10)19-16(20)12(3)21-14-6-4-5-13(17)9-14/h4-9,12H,1-3H3,(H,18,19,20)/t12-/m0/s1. The number of aryl methyl sites for hydroxylation is 2. The third-order valence-corrected chi connectivity index (χ3v) is 3.06. The van der Waals surface area contributed by atoms with Gasteiger partial charge in [0.2, 0.25) is 0 Å². The van der Waals surface area contributed by atoms with Crippen molar-refractivity contribution in [1.82, 2.24) is 4.98 Å². The van der Waals surface area contributed by atoms with Crippen LogP contribution in [0, 0.1) is 13.8 Å². The molecule has 110 valence electrons. The lowest BCUT2D eigenvalue weighted by atomic mass is 10.2. The van der Waals surface area contributed by atoms with Gasteiger partial charge in [-0.25, -0.2) is 4.98 Å². The van der Waals surface area contributed by atoms with Crippen LogP contribution in [0.5, 0.6) is 5.75 Å². The van der Waals surface area contributed by atoms with Gasteiger partial charge in [0, 0.05) is 10.7 Å². The molecule has 0 saturated heterocycles. The maximum absolute atomic E-state index is 12.1. The number of benzene rings is 1. The van der Waals surface area contributed by atoms with Crippen molar-refractivity contribution in [2.24, 2.45) is 0 Å². The molecule has 2 aromatic rings. The van der Waals surface area contributed by atoms with Gasteiger partial charge in [0.05, 0.1) is 0 Å². The van der Waals surface area contributed by atoms with Crippen LogP contribution in [0.15, 0.2) is 36.4 Å². The minimum Gasteiger partial charge on any atom is -0.481 e. The Morgan fingerprint density at radius 1 is 1.29 bits per heavy atom. The Bertz CT molecular complexity index is 638. The highest BCUT2D eigenvalue weighted by Gasteiger charge is 2.15. The first kappa shape index (κ1) is 15.3. The van der Waals surface area contributed by atoms with Crippen LogP contribution < -0.4 is 10.1 Å². The van der Waals surface area contributed by atoms with E-state index in [1.165, 1.54) is 0 Å². The number of pyridine rings is 1.